The highest BCUT2D eigenvalue weighted by Crippen LogP contribution is 2.27. The van der Waals surface area contributed by atoms with Crippen LogP contribution < -0.4 is 5.32 Å². The van der Waals surface area contributed by atoms with Crippen LogP contribution in [-0.4, -0.2) is 26.1 Å². The molecule has 4 aromatic rings. The van der Waals surface area contributed by atoms with Gasteiger partial charge in [0.15, 0.2) is 5.82 Å². The normalized spacial score (nSPS) is 10.8. The van der Waals surface area contributed by atoms with Crippen LogP contribution in [0.25, 0.3) is 11.4 Å². The number of carbonyl (C=O) groups excluding carboxylic acids is 1. The van der Waals surface area contributed by atoms with E-state index in [1.54, 1.807) is 11.7 Å². The lowest BCUT2D eigenvalue weighted by Gasteiger charge is -2.18. The number of hydrogen-bond donors (Lipinski definition) is 1. The van der Waals surface area contributed by atoms with Gasteiger partial charge in [0, 0.05) is 18.3 Å². The lowest BCUT2D eigenvalue weighted by Crippen LogP contribution is -2.22. The lowest BCUT2D eigenvalue weighted by molar-refractivity contribution is -0.116. The molecule has 1 N–H and O–H groups in total. The van der Waals surface area contributed by atoms with Crippen LogP contribution in [0.1, 0.15) is 17.0 Å². The van der Waals surface area contributed by atoms with E-state index < -0.39 is 5.92 Å². The van der Waals surface area contributed by atoms with E-state index in [0.717, 1.165) is 16.7 Å². The number of amides is 1. The van der Waals surface area contributed by atoms with Gasteiger partial charge in [-0.05, 0) is 33.7 Å². The SMILES string of the molecule is Cn1nnnc1-c1cccc(NC(=O)C(c2ccccc2)c2ccccc2)c1. The zero-order valence-electron chi connectivity index (χ0n) is 15.4. The van der Waals surface area contributed by atoms with Crippen molar-refractivity contribution in [3.05, 3.63) is 96.1 Å². The van der Waals surface area contributed by atoms with Crippen molar-refractivity contribution in [2.75, 3.05) is 5.32 Å². The second-order valence-electron chi connectivity index (χ2n) is 6.45. The van der Waals surface area contributed by atoms with Crippen LogP contribution in [0.5, 0.6) is 0 Å². The van der Waals surface area contributed by atoms with Gasteiger partial charge in [0.05, 0.1) is 5.92 Å². The molecule has 6 heteroatoms. The smallest absolute Gasteiger partial charge is 0.236 e. The molecule has 0 saturated heterocycles. The van der Waals surface area contributed by atoms with Gasteiger partial charge in [0.2, 0.25) is 5.91 Å². The Bertz CT molecular complexity index is 1040. The Labute approximate surface area is 162 Å². The van der Waals surface area contributed by atoms with Crippen LogP contribution in [0.4, 0.5) is 5.69 Å². The van der Waals surface area contributed by atoms with Crippen LogP contribution in [0.15, 0.2) is 84.9 Å². The first kappa shape index (κ1) is 17.6. The fourth-order valence-corrected chi connectivity index (χ4v) is 3.21. The molecule has 1 heterocycles. The number of anilines is 1. The quantitative estimate of drug-likeness (QED) is 0.583. The molecule has 1 amide bonds. The summed E-state index contributed by atoms with van der Waals surface area (Å²) >= 11 is 0. The number of aryl methyl sites for hydroxylation is 1. The molecule has 6 nitrogen and oxygen atoms in total. The maximum atomic E-state index is 13.2. The minimum absolute atomic E-state index is 0.0920. The highest BCUT2D eigenvalue weighted by atomic mass is 16.1. The molecule has 0 radical (unpaired) electrons. The summed E-state index contributed by atoms with van der Waals surface area (Å²) in [6.45, 7) is 0. The lowest BCUT2D eigenvalue weighted by atomic mass is 9.90. The Hall–Kier alpha value is -3.80. The molecule has 0 bridgehead atoms. The first-order valence-corrected chi connectivity index (χ1v) is 8.96. The van der Waals surface area contributed by atoms with Crippen molar-refractivity contribution in [1.29, 1.82) is 0 Å². The fourth-order valence-electron chi connectivity index (χ4n) is 3.21. The maximum Gasteiger partial charge on any atom is 0.236 e. The van der Waals surface area contributed by atoms with Crippen molar-refractivity contribution < 1.29 is 4.79 Å². The molecule has 4 rings (SSSR count). The number of nitrogens with one attached hydrogen (secondary N) is 1. The van der Waals surface area contributed by atoms with Crippen molar-refractivity contribution in [2.24, 2.45) is 7.05 Å². The summed E-state index contributed by atoms with van der Waals surface area (Å²) in [5.74, 6) is 0.145. The Kier molecular flexibility index (Phi) is 4.93. The minimum Gasteiger partial charge on any atom is -0.325 e. The molecule has 0 aliphatic rings. The number of hydrogen-bond acceptors (Lipinski definition) is 4. The van der Waals surface area contributed by atoms with E-state index in [9.17, 15) is 4.79 Å². The molecule has 0 aliphatic heterocycles. The Morgan fingerprint density at radius 1 is 0.893 bits per heavy atom. The monoisotopic (exact) mass is 369 g/mol. The summed E-state index contributed by atoms with van der Waals surface area (Å²) in [5.41, 5.74) is 3.42. The van der Waals surface area contributed by atoms with Gasteiger partial charge in [-0.15, -0.1) is 5.10 Å². The van der Waals surface area contributed by atoms with Crippen molar-refractivity contribution in [1.82, 2.24) is 20.2 Å². The summed E-state index contributed by atoms with van der Waals surface area (Å²) in [4.78, 5) is 13.2. The van der Waals surface area contributed by atoms with Crippen molar-refractivity contribution in [3.8, 4) is 11.4 Å². The molecule has 138 valence electrons. The molecule has 0 spiro atoms. The van der Waals surface area contributed by atoms with Gasteiger partial charge >= 0.3 is 0 Å². The molecule has 28 heavy (non-hydrogen) atoms. The molecule has 0 fully saturated rings. The maximum absolute atomic E-state index is 13.2. The third-order valence-corrected chi connectivity index (χ3v) is 4.54. The second kappa shape index (κ2) is 7.84. The summed E-state index contributed by atoms with van der Waals surface area (Å²) in [5, 5.41) is 14.6. The van der Waals surface area contributed by atoms with E-state index >= 15 is 0 Å². The average Bonchev–Trinajstić information content (AvgIpc) is 3.16. The second-order valence-corrected chi connectivity index (χ2v) is 6.45. The van der Waals surface area contributed by atoms with Crippen LogP contribution in [0, 0.1) is 0 Å². The highest BCUT2D eigenvalue weighted by molar-refractivity contribution is 5.98. The molecule has 3 aromatic carbocycles. The van der Waals surface area contributed by atoms with E-state index in [4.69, 9.17) is 0 Å². The third-order valence-electron chi connectivity index (χ3n) is 4.54. The topological polar surface area (TPSA) is 72.7 Å². The summed E-state index contributed by atoms with van der Waals surface area (Å²) in [6.07, 6.45) is 0. The Morgan fingerprint density at radius 2 is 1.54 bits per heavy atom. The van der Waals surface area contributed by atoms with Gasteiger partial charge in [-0.2, -0.15) is 0 Å². The van der Waals surface area contributed by atoms with Crippen LogP contribution in [0.2, 0.25) is 0 Å². The molecular weight excluding hydrogens is 350 g/mol. The molecule has 0 saturated carbocycles. The van der Waals surface area contributed by atoms with E-state index in [1.807, 2.05) is 84.9 Å². The van der Waals surface area contributed by atoms with Crippen molar-refractivity contribution in [2.45, 2.75) is 5.92 Å². The summed E-state index contributed by atoms with van der Waals surface area (Å²) < 4.78 is 1.59. The number of carbonyl (C=O) groups is 1. The zero-order chi connectivity index (χ0) is 19.3. The van der Waals surface area contributed by atoms with Gasteiger partial charge in [-0.1, -0.05) is 72.8 Å². The van der Waals surface area contributed by atoms with Gasteiger partial charge in [0.1, 0.15) is 0 Å². The summed E-state index contributed by atoms with van der Waals surface area (Å²) in [7, 11) is 1.78. The van der Waals surface area contributed by atoms with Crippen molar-refractivity contribution >= 4 is 11.6 Å². The van der Waals surface area contributed by atoms with E-state index in [0.29, 0.717) is 11.5 Å². The number of nitrogens with zero attached hydrogens (tertiary/aromatic N) is 4. The van der Waals surface area contributed by atoms with Crippen molar-refractivity contribution in [3.63, 3.8) is 0 Å². The van der Waals surface area contributed by atoms with E-state index in [-0.39, 0.29) is 5.91 Å². The van der Waals surface area contributed by atoms with Gasteiger partial charge in [0.25, 0.3) is 0 Å². The number of aromatic nitrogens is 4. The number of tetrazole rings is 1. The number of benzene rings is 3. The Balaban J connectivity index is 1.65. The van der Waals surface area contributed by atoms with Crippen LogP contribution in [-0.2, 0) is 11.8 Å². The number of rotatable bonds is 5. The minimum atomic E-state index is -0.400. The average molecular weight is 369 g/mol. The molecule has 1 aromatic heterocycles. The predicted molar refractivity (Wildman–Crippen MR) is 108 cm³/mol. The van der Waals surface area contributed by atoms with Gasteiger partial charge in [-0.25, -0.2) is 4.68 Å². The molecular formula is C22H19N5O. The highest BCUT2D eigenvalue weighted by Gasteiger charge is 2.22. The molecule has 0 aliphatic carbocycles. The van der Waals surface area contributed by atoms with Crippen LogP contribution >= 0.6 is 0 Å². The van der Waals surface area contributed by atoms with E-state index in [1.165, 1.54) is 0 Å². The zero-order valence-corrected chi connectivity index (χ0v) is 15.4. The standard InChI is InChI=1S/C22H19N5O/c1-27-21(24-25-26-27)18-13-8-14-19(15-18)23-22(28)20(16-9-4-2-5-10-16)17-11-6-3-7-12-17/h2-15,20H,1H3,(H,23,28). The largest absolute Gasteiger partial charge is 0.325 e. The van der Waals surface area contributed by atoms with E-state index in [2.05, 4.69) is 20.8 Å². The Morgan fingerprint density at radius 3 is 2.11 bits per heavy atom. The third kappa shape index (κ3) is 3.66. The molecule has 0 atom stereocenters. The van der Waals surface area contributed by atoms with Gasteiger partial charge in [-0.3, -0.25) is 4.79 Å². The first-order valence-electron chi connectivity index (χ1n) is 8.96. The first-order chi connectivity index (χ1) is 13.7. The fraction of sp³-hybridized carbons (Fsp3) is 0.0909. The molecule has 0 unspecified atom stereocenters. The summed E-state index contributed by atoms with van der Waals surface area (Å²) in [6, 6.07) is 27.1. The van der Waals surface area contributed by atoms with Crippen LogP contribution in [0.3, 0.4) is 0 Å². The van der Waals surface area contributed by atoms with Gasteiger partial charge < -0.3 is 5.32 Å². The predicted octanol–water partition coefficient (Wildman–Crippen LogP) is 3.65.